The summed E-state index contributed by atoms with van der Waals surface area (Å²) in [6, 6.07) is 16.0. The molecule has 0 unspecified atom stereocenters. The largest absolute Gasteiger partial charge is 0.490 e. The second kappa shape index (κ2) is 14.9. The van der Waals surface area contributed by atoms with Crippen molar-refractivity contribution in [2.24, 2.45) is 0 Å². The van der Waals surface area contributed by atoms with Gasteiger partial charge in [-0.1, -0.05) is 42.8 Å². The van der Waals surface area contributed by atoms with Crippen LogP contribution in [0.5, 0.6) is 23.0 Å². The van der Waals surface area contributed by atoms with Crippen molar-refractivity contribution in [2.45, 2.75) is 47.3 Å². The lowest BCUT2D eigenvalue weighted by Crippen LogP contribution is -2.53. The molecular formula is C33H35IN2O7. The van der Waals surface area contributed by atoms with Crippen LogP contribution in [0.25, 0.3) is 6.08 Å². The van der Waals surface area contributed by atoms with E-state index < -0.39 is 17.8 Å². The van der Waals surface area contributed by atoms with E-state index >= 15 is 0 Å². The summed E-state index contributed by atoms with van der Waals surface area (Å²) in [5.74, 6) is 0.691. The molecule has 4 rings (SSSR count). The Morgan fingerprint density at radius 2 is 1.51 bits per heavy atom. The molecule has 9 nitrogen and oxygen atoms in total. The van der Waals surface area contributed by atoms with E-state index in [2.05, 4.69) is 27.9 Å². The topological polar surface area (TPSA) is 103 Å². The van der Waals surface area contributed by atoms with Crippen LogP contribution in [0.2, 0.25) is 0 Å². The lowest BCUT2D eigenvalue weighted by Gasteiger charge is -2.26. The maximum absolute atomic E-state index is 13.5. The number of carbonyl (C=O) groups excluding carboxylic acids is 3. The van der Waals surface area contributed by atoms with Gasteiger partial charge in [0, 0.05) is 0 Å². The van der Waals surface area contributed by atoms with Gasteiger partial charge in [-0.25, -0.2) is 4.79 Å². The molecule has 0 aromatic heterocycles. The summed E-state index contributed by atoms with van der Waals surface area (Å²) < 4.78 is 24.2. The summed E-state index contributed by atoms with van der Waals surface area (Å²) in [7, 11) is 0. The number of nitrogens with zero attached hydrogens (tertiary/aromatic N) is 1. The third-order valence-corrected chi connectivity index (χ3v) is 7.24. The highest BCUT2D eigenvalue weighted by Gasteiger charge is 2.36. The number of amides is 4. The Morgan fingerprint density at radius 1 is 0.814 bits per heavy atom. The average molecular weight is 699 g/mol. The molecular weight excluding hydrogens is 663 g/mol. The van der Waals surface area contributed by atoms with Gasteiger partial charge in [-0.15, -0.1) is 0 Å². The molecule has 1 aliphatic rings. The second-order valence-corrected chi connectivity index (χ2v) is 11.0. The molecule has 0 radical (unpaired) electrons. The SMILES string of the molecule is CCCOc1ccc(CN2C(=O)NC(=O)/C(=C\c3cc(I)c(OCc4ccc(C)cc4)c(OCC)c3)C2=O)cc1OCC. The molecule has 1 heterocycles. The van der Waals surface area contributed by atoms with E-state index in [0.29, 0.717) is 60.6 Å². The zero-order valence-corrected chi connectivity index (χ0v) is 26.9. The lowest BCUT2D eigenvalue weighted by molar-refractivity contribution is -0.130. The number of barbiturate groups is 1. The van der Waals surface area contributed by atoms with Crippen molar-refractivity contribution in [3.63, 3.8) is 0 Å². The van der Waals surface area contributed by atoms with Crippen LogP contribution in [0.4, 0.5) is 4.79 Å². The van der Waals surface area contributed by atoms with Gasteiger partial charge in [0.05, 0.1) is 29.9 Å². The number of carbonyl (C=O) groups is 3. The predicted octanol–water partition coefficient (Wildman–Crippen LogP) is 6.43. The number of ether oxygens (including phenoxy) is 4. The first-order chi connectivity index (χ1) is 20.7. The van der Waals surface area contributed by atoms with E-state index in [1.54, 1.807) is 30.3 Å². The first kappa shape index (κ1) is 31.9. The third kappa shape index (κ3) is 8.07. The van der Waals surface area contributed by atoms with Gasteiger partial charge in [-0.3, -0.25) is 19.8 Å². The Labute approximate surface area is 265 Å². The van der Waals surface area contributed by atoms with Crippen LogP contribution in [-0.4, -0.2) is 42.6 Å². The highest BCUT2D eigenvalue weighted by atomic mass is 127. The van der Waals surface area contributed by atoms with E-state index in [-0.39, 0.29) is 12.1 Å². The summed E-state index contributed by atoms with van der Waals surface area (Å²) in [6.07, 6.45) is 2.30. The maximum atomic E-state index is 13.5. The molecule has 1 aliphatic heterocycles. The quantitative estimate of drug-likeness (QED) is 0.125. The van der Waals surface area contributed by atoms with Crippen LogP contribution in [0.3, 0.4) is 0 Å². The molecule has 1 saturated heterocycles. The van der Waals surface area contributed by atoms with E-state index in [9.17, 15) is 14.4 Å². The number of benzene rings is 3. The van der Waals surface area contributed by atoms with Crippen molar-refractivity contribution in [3.8, 4) is 23.0 Å². The van der Waals surface area contributed by atoms with Crippen LogP contribution in [-0.2, 0) is 22.7 Å². The molecule has 0 bridgehead atoms. The van der Waals surface area contributed by atoms with Crippen molar-refractivity contribution in [1.29, 1.82) is 0 Å². The highest BCUT2D eigenvalue weighted by Crippen LogP contribution is 2.36. The predicted molar refractivity (Wildman–Crippen MR) is 171 cm³/mol. The minimum Gasteiger partial charge on any atom is -0.490 e. The van der Waals surface area contributed by atoms with E-state index in [4.69, 9.17) is 18.9 Å². The highest BCUT2D eigenvalue weighted by molar-refractivity contribution is 14.1. The van der Waals surface area contributed by atoms with Crippen molar-refractivity contribution in [2.75, 3.05) is 19.8 Å². The van der Waals surface area contributed by atoms with Crippen LogP contribution in [0, 0.1) is 10.5 Å². The van der Waals surface area contributed by atoms with Gasteiger partial charge in [0.2, 0.25) is 0 Å². The molecule has 4 amide bonds. The first-order valence-electron chi connectivity index (χ1n) is 14.2. The van der Waals surface area contributed by atoms with E-state index in [0.717, 1.165) is 26.0 Å². The molecule has 0 spiro atoms. The number of imide groups is 2. The Kier molecular flexibility index (Phi) is 11.0. The number of aryl methyl sites for hydroxylation is 1. The van der Waals surface area contributed by atoms with Gasteiger partial charge in [0.15, 0.2) is 23.0 Å². The molecule has 1 fully saturated rings. The fraction of sp³-hybridized carbons (Fsp3) is 0.303. The molecule has 0 saturated carbocycles. The average Bonchev–Trinajstić information content (AvgIpc) is 2.98. The molecule has 3 aromatic rings. The van der Waals surface area contributed by atoms with Crippen molar-refractivity contribution in [3.05, 3.63) is 86.0 Å². The number of nitrogens with one attached hydrogen (secondary N) is 1. The number of hydrogen-bond acceptors (Lipinski definition) is 7. The molecule has 1 N–H and O–H groups in total. The first-order valence-corrected chi connectivity index (χ1v) is 15.2. The zero-order valence-electron chi connectivity index (χ0n) is 24.7. The molecule has 226 valence electrons. The standard InChI is InChI=1S/C33H35IN2O7/c1-5-14-42-27-13-12-23(17-28(27)40-6-2)19-36-32(38)25(31(37)35-33(36)39)15-24-16-26(34)30(29(18-24)41-7-3)43-20-22-10-8-21(4)9-11-22/h8-13,15-18H,5-7,14,19-20H2,1-4H3,(H,35,37,39)/b25-15+. The van der Waals surface area contributed by atoms with E-state index in [1.807, 2.05) is 52.0 Å². The Bertz CT molecular complexity index is 1520. The van der Waals surface area contributed by atoms with Gasteiger partial charge in [0.25, 0.3) is 11.8 Å². The van der Waals surface area contributed by atoms with Crippen molar-refractivity contribution >= 4 is 46.5 Å². The van der Waals surface area contributed by atoms with Gasteiger partial charge in [-0.05, 0) is 96.8 Å². The van der Waals surface area contributed by atoms with Gasteiger partial charge in [-0.2, -0.15) is 0 Å². The fourth-order valence-corrected chi connectivity index (χ4v) is 5.13. The second-order valence-electron chi connectivity index (χ2n) is 9.81. The van der Waals surface area contributed by atoms with Gasteiger partial charge in [0.1, 0.15) is 12.2 Å². The lowest BCUT2D eigenvalue weighted by atomic mass is 10.1. The monoisotopic (exact) mass is 698 g/mol. The Hall–Kier alpha value is -4.06. The summed E-state index contributed by atoms with van der Waals surface area (Å²) >= 11 is 2.14. The number of urea groups is 1. The van der Waals surface area contributed by atoms with Crippen LogP contribution in [0.15, 0.2) is 60.2 Å². The van der Waals surface area contributed by atoms with Crippen LogP contribution >= 0.6 is 22.6 Å². The van der Waals surface area contributed by atoms with Gasteiger partial charge < -0.3 is 18.9 Å². The molecule has 10 heteroatoms. The van der Waals surface area contributed by atoms with Crippen LogP contribution in [0.1, 0.15) is 49.4 Å². The molecule has 43 heavy (non-hydrogen) atoms. The molecule has 0 atom stereocenters. The van der Waals surface area contributed by atoms with Crippen molar-refractivity contribution in [1.82, 2.24) is 10.2 Å². The minimum atomic E-state index is -0.791. The number of hydrogen-bond donors (Lipinski definition) is 1. The summed E-state index contributed by atoms with van der Waals surface area (Å²) in [5, 5.41) is 2.28. The zero-order chi connectivity index (χ0) is 30.9. The Balaban J connectivity index is 1.58. The third-order valence-electron chi connectivity index (χ3n) is 6.44. The Morgan fingerprint density at radius 3 is 2.21 bits per heavy atom. The fourth-order valence-electron chi connectivity index (χ4n) is 4.35. The smallest absolute Gasteiger partial charge is 0.331 e. The number of halogens is 1. The van der Waals surface area contributed by atoms with Crippen LogP contribution < -0.4 is 24.3 Å². The maximum Gasteiger partial charge on any atom is 0.331 e. The molecule has 0 aliphatic carbocycles. The van der Waals surface area contributed by atoms with Crippen molar-refractivity contribution < 1.29 is 33.3 Å². The molecule has 3 aromatic carbocycles. The summed E-state index contributed by atoms with van der Waals surface area (Å²) in [4.78, 5) is 40.0. The van der Waals surface area contributed by atoms with Gasteiger partial charge >= 0.3 is 6.03 Å². The minimum absolute atomic E-state index is 0.0586. The normalized spacial score (nSPS) is 14.1. The summed E-state index contributed by atoms with van der Waals surface area (Å²) in [6.45, 7) is 9.41. The summed E-state index contributed by atoms with van der Waals surface area (Å²) in [5.41, 5.74) is 3.21. The van der Waals surface area contributed by atoms with E-state index in [1.165, 1.54) is 6.08 Å². The number of rotatable bonds is 13.